The summed E-state index contributed by atoms with van der Waals surface area (Å²) in [6.45, 7) is 5.41. The maximum Gasteiger partial charge on any atom is 0.220 e. The first-order chi connectivity index (χ1) is 10.6. The number of para-hydroxylation sites is 1. The van der Waals surface area contributed by atoms with Gasteiger partial charge in [0.15, 0.2) is 0 Å². The van der Waals surface area contributed by atoms with Crippen LogP contribution in [0.25, 0.3) is 5.69 Å². The highest BCUT2D eigenvalue weighted by molar-refractivity contribution is 5.75. The van der Waals surface area contributed by atoms with E-state index in [0.717, 1.165) is 35.6 Å². The van der Waals surface area contributed by atoms with Gasteiger partial charge in [-0.05, 0) is 46.0 Å². The number of amides is 1. The lowest BCUT2D eigenvalue weighted by Gasteiger charge is -2.07. The summed E-state index contributed by atoms with van der Waals surface area (Å²) in [5.74, 6) is 0.0847. The number of rotatable bonds is 7. The highest BCUT2D eigenvalue weighted by Gasteiger charge is 2.13. The first-order valence-electron chi connectivity index (χ1n) is 7.65. The Bertz CT molecular complexity index is 619. The van der Waals surface area contributed by atoms with Crippen molar-refractivity contribution >= 4 is 5.91 Å². The summed E-state index contributed by atoms with van der Waals surface area (Å²) in [5, 5.41) is 10.6. The molecule has 5 nitrogen and oxygen atoms in total. The van der Waals surface area contributed by atoms with Crippen LogP contribution < -0.4 is 10.6 Å². The number of hydrogen-bond acceptors (Lipinski definition) is 3. The van der Waals surface area contributed by atoms with Crippen LogP contribution in [0, 0.1) is 13.8 Å². The van der Waals surface area contributed by atoms with E-state index in [0.29, 0.717) is 13.0 Å². The van der Waals surface area contributed by atoms with Crippen LogP contribution in [0.15, 0.2) is 30.3 Å². The second kappa shape index (κ2) is 7.75. The maximum absolute atomic E-state index is 11.8. The fourth-order valence-corrected chi connectivity index (χ4v) is 2.45. The number of carbonyl (C=O) groups is 1. The molecule has 0 aliphatic carbocycles. The molecule has 2 aromatic rings. The van der Waals surface area contributed by atoms with Gasteiger partial charge in [-0.15, -0.1) is 0 Å². The molecule has 0 saturated carbocycles. The van der Waals surface area contributed by atoms with Crippen molar-refractivity contribution in [3.8, 4) is 5.69 Å². The fraction of sp³-hybridized carbons (Fsp3) is 0.412. The molecule has 0 aliphatic rings. The number of benzene rings is 1. The molecule has 0 atom stereocenters. The number of aromatic nitrogens is 2. The number of nitrogens with zero attached hydrogens (tertiary/aromatic N) is 2. The molecular weight excluding hydrogens is 276 g/mol. The van der Waals surface area contributed by atoms with Crippen molar-refractivity contribution in [3.63, 3.8) is 0 Å². The van der Waals surface area contributed by atoms with Crippen LogP contribution in [-0.2, 0) is 11.3 Å². The van der Waals surface area contributed by atoms with E-state index in [-0.39, 0.29) is 5.91 Å². The molecule has 0 spiro atoms. The zero-order valence-electron chi connectivity index (χ0n) is 13.5. The lowest BCUT2D eigenvalue weighted by molar-refractivity contribution is -0.121. The van der Waals surface area contributed by atoms with Gasteiger partial charge >= 0.3 is 0 Å². The third kappa shape index (κ3) is 3.95. The van der Waals surface area contributed by atoms with Crippen LogP contribution in [0.2, 0.25) is 0 Å². The molecule has 118 valence electrons. The van der Waals surface area contributed by atoms with Crippen molar-refractivity contribution in [2.45, 2.75) is 33.2 Å². The number of carbonyl (C=O) groups excluding carboxylic acids is 1. The lowest BCUT2D eigenvalue weighted by atomic mass is 10.2. The van der Waals surface area contributed by atoms with Gasteiger partial charge in [-0.1, -0.05) is 18.2 Å². The minimum Gasteiger partial charge on any atom is -0.352 e. The Morgan fingerprint density at radius 1 is 1.23 bits per heavy atom. The fourth-order valence-electron chi connectivity index (χ4n) is 2.45. The Morgan fingerprint density at radius 3 is 2.64 bits per heavy atom. The monoisotopic (exact) mass is 300 g/mol. The van der Waals surface area contributed by atoms with Crippen LogP contribution in [0.1, 0.15) is 29.8 Å². The topological polar surface area (TPSA) is 59.0 Å². The predicted molar refractivity (Wildman–Crippen MR) is 88.0 cm³/mol. The molecule has 1 heterocycles. The van der Waals surface area contributed by atoms with Crippen LogP contribution in [-0.4, -0.2) is 29.3 Å². The van der Waals surface area contributed by atoms with E-state index in [1.807, 2.05) is 55.9 Å². The van der Waals surface area contributed by atoms with E-state index in [4.69, 9.17) is 0 Å². The summed E-state index contributed by atoms with van der Waals surface area (Å²) in [6, 6.07) is 10.0. The van der Waals surface area contributed by atoms with Crippen molar-refractivity contribution in [3.05, 3.63) is 47.3 Å². The number of nitrogens with one attached hydrogen (secondary N) is 2. The molecule has 0 fully saturated rings. The summed E-state index contributed by atoms with van der Waals surface area (Å²) in [5.41, 5.74) is 4.15. The molecule has 2 N–H and O–H groups in total. The molecule has 1 aromatic carbocycles. The van der Waals surface area contributed by atoms with Crippen molar-refractivity contribution < 1.29 is 4.79 Å². The van der Waals surface area contributed by atoms with Gasteiger partial charge in [0, 0.05) is 24.2 Å². The van der Waals surface area contributed by atoms with E-state index in [1.54, 1.807) is 0 Å². The second-order valence-corrected chi connectivity index (χ2v) is 5.38. The van der Waals surface area contributed by atoms with Gasteiger partial charge in [-0.2, -0.15) is 5.10 Å². The van der Waals surface area contributed by atoms with Crippen LogP contribution >= 0.6 is 0 Å². The van der Waals surface area contributed by atoms with E-state index in [1.165, 1.54) is 0 Å². The van der Waals surface area contributed by atoms with Crippen molar-refractivity contribution in [1.82, 2.24) is 20.4 Å². The van der Waals surface area contributed by atoms with Crippen LogP contribution in [0.3, 0.4) is 0 Å². The molecule has 2 rings (SSSR count). The summed E-state index contributed by atoms with van der Waals surface area (Å²) >= 11 is 0. The Labute approximate surface area is 131 Å². The van der Waals surface area contributed by atoms with Gasteiger partial charge in [0.05, 0.1) is 11.4 Å². The van der Waals surface area contributed by atoms with E-state index < -0.39 is 0 Å². The SMILES string of the molecule is CNCCCC(=O)NCc1c(C)nn(-c2ccccc2)c1C. The lowest BCUT2D eigenvalue weighted by Crippen LogP contribution is -2.24. The van der Waals surface area contributed by atoms with Crippen LogP contribution in [0.4, 0.5) is 0 Å². The Hall–Kier alpha value is -2.14. The summed E-state index contributed by atoms with van der Waals surface area (Å²) < 4.78 is 1.93. The van der Waals surface area contributed by atoms with Crippen molar-refractivity contribution in [2.24, 2.45) is 0 Å². The second-order valence-electron chi connectivity index (χ2n) is 5.38. The number of hydrogen-bond donors (Lipinski definition) is 2. The van der Waals surface area contributed by atoms with Gasteiger partial charge in [-0.25, -0.2) is 4.68 Å². The molecule has 0 radical (unpaired) electrons. The maximum atomic E-state index is 11.8. The van der Waals surface area contributed by atoms with E-state index >= 15 is 0 Å². The third-order valence-electron chi connectivity index (χ3n) is 3.73. The Kier molecular flexibility index (Phi) is 5.72. The molecule has 1 amide bonds. The molecule has 0 bridgehead atoms. The van der Waals surface area contributed by atoms with Gasteiger partial charge < -0.3 is 10.6 Å². The van der Waals surface area contributed by atoms with Gasteiger partial charge in [0.1, 0.15) is 0 Å². The molecule has 0 aliphatic heterocycles. The predicted octanol–water partition coefficient (Wildman–Crippen LogP) is 2.10. The average Bonchev–Trinajstić information content (AvgIpc) is 2.81. The summed E-state index contributed by atoms with van der Waals surface area (Å²) in [6.07, 6.45) is 1.40. The molecule has 1 aromatic heterocycles. The minimum absolute atomic E-state index is 0.0847. The third-order valence-corrected chi connectivity index (χ3v) is 3.73. The molecule has 22 heavy (non-hydrogen) atoms. The van der Waals surface area contributed by atoms with Crippen molar-refractivity contribution in [2.75, 3.05) is 13.6 Å². The zero-order valence-corrected chi connectivity index (χ0v) is 13.5. The Balaban J connectivity index is 2.03. The van der Waals surface area contributed by atoms with E-state index in [9.17, 15) is 4.79 Å². The molecule has 0 unspecified atom stereocenters. The summed E-state index contributed by atoms with van der Waals surface area (Å²) in [4.78, 5) is 11.8. The first kappa shape index (κ1) is 16.2. The molecular formula is C17H24N4O. The zero-order chi connectivity index (χ0) is 15.9. The van der Waals surface area contributed by atoms with E-state index in [2.05, 4.69) is 15.7 Å². The largest absolute Gasteiger partial charge is 0.352 e. The molecule has 0 saturated heterocycles. The van der Waals surface area contributed by atoms with Crippen LogP contribution in [0.5, 0.6) is 0 Å². The average molecular weight is 300 g/mol. The van der Waals surface area contributed by atoms with Gasteiger partial charge in [-0.3, -0.25) is 4.79 Å². The normalized spacial score (nSPS) is 10.7. The van der Waals surface area contributed by atoms with Gasteiger partial charge in [0.25, 0.3) is 0 Å². The van der Waals surface area contributed by atoms with Crippen molar-refractivity contribution in [1.29, 1.82) is 0 Å². The summed E-state index contributed by atoms with van der Waals surface area (Å²) in [7, 11) is 1.89. The molecule has 5 heteroatoms. The minimum atomic E-state index is 0.0847. The first-order valence-corrected chi connectivity index (χ1v) is 7.65. The van der Waals surface area contributed by atoms with Gasteiger partial charge in [0.2, 0.25) is 5.91 Å². The number of aryl methyl sites for hydroxylation is 1. The highest BCUT2D eigenvalue weighted by Crippen LogP contribution is 2.17. The Morgan fingerprint density at radius 2 is 1.95 bits per heavy atom. The smallest absolute Gasteiger partial charge is 0.220 e. The standard InChI is InChI=1S/C17H24N4O/c1-13-16(12-19-17(22)10-7-11-18-3)14(2)21(20-13)15-8-5-4-6-9-15/h4-6,8-9,18H,7,10-12H2,1-3H3,(H,19,22). The quantitative estimate of drug-likeness (QED) is 0.770. The highest BCUT2D eigenvalue weighted by atomic mass is 16.1.